The minimum Gasteiger partial charge on any atom is -0.370 e. The Bertz CT molecular complexity index is 431. The van der Waals surface area contributed by atoms with Crippen LogP contribution in [-0.2, 0) is 9.84 Å². The highest BCUT2D eigenvalue weighted by Crippen LogP contribution is 2.20. The molecule has 0 aromatic rings. The summed E-state index contributed by atoms with van der Waals surface area (Å²) in [5.74, 6) is 1.59. The van der Waals surface area contributed by atoms with Gasteiger partial charge in [-0.1, -0.05) is 13.3 Å². The third-order valence-electron chi connectivity index (χ3n) is 4.28. The minimum absolute atomic E-state index is 0. The Labute approximate surface area is 139 Å². The lowest BCUT2D eigenvalue weighted by atomic mass is 10.00. The van der Waals surface area contributed by atoms with Gasteiger partial charge >= 0.3 is 0 Å². The second-order valence-electron chi connectivity index (χ2n) is 5.85. The first kappa shape index (κ1) is 18.0. The Morgan fingerprint density at radius 2 is 1.90 bits per heavy atom. The third-order valence-corrected chi connectivity index (χ3v) is 6.54. The van der Waals surface area contributed by atoms with Gasteiger partial charge in [0.2, 0.25) is 0 Å². The average molecular weight is 415 g/mol. The number of piperidine rings is 1. The Balaban J connectivity index is 0.00000200. The van der Waals surface area contributed by atoms with Gasteiger partial charge in [-0.15, -0.1) is 24.0 Å². The second kappa shape index (κ2) is 7.82. The number of guanidine groups is 1. The minimum atomic E-state index is -2.94. The molecule has 20 heavy (non-hydrogen) atoms. The summed E-state index contributed by atoms with van der Waals surface area (Å²) in [6, 6.07) is 0. The first-order valence-corrected chi connectivity index (χ1v) is 8.97. The van der Waals surface area contributed by atoms with Crippen molar-refractivity contribution in [1.82, 2.24) is 4.90 Å². The first-order valence-electron chi connectivity index (χ1n) is 7.25. The lowest BCUT2D eigenvalue weighted by Crippen LogP contribution is -2.43. The van der Waals surface area contributed by atoms with Crippen LogP contribution in [0.15, 0.2) is 4.99 Å². The van der Waals surface area contributed by atoms with Crippen LogP contribution in [0.25, 0.3) is 0 Å². The second-order valence-corrected chi connectivity index (χ2v) is 8.25. The molecular weight excluding hydrogens is 389 g/mol. The molecule has 0 amide bonds. The maximum Gasteiger partial charge on any atom is 0.191 e. The molecule has 1 atom stereocenters. The van der Waals surface area contributed by atoms with Crippen molar-refractivity contribution in [2.75, 3.05) is 25.4 Å². The van der Waals surface area contributed by atoms with Crippen LogP contribution in [0.1, 0.15) is 39.0 Å². The van der Waals surface area contributed by atoms with Crippen LogP contribution in [0.2, 0.25) is 0 Å². The fraction of sp³-hybridized carbons (Fsp3) is 0.923. The standard InChI is InChI=1S/C13H25N3O2S.HI/c1-11-5-7-16(8-6-11)13(14)15-10-12-4-2-3-9-19(12,17)18;/h11-12H,2-10H2,1H3,(H2,14,15);1H. The predicted octanol–water partition coefficient (Wildman–Crippen LogP) is 1.62. The van der Waals surface area contributed by atoms with E-state index in [-0.39, 0.29) is 29.2 Å². The van der Waals surface area contributed by atoms with Gasteiger partial charge in [0.15, 0.2) is 15.8 Å². The molecule has 2 rings (SSSR count). The van der Waals surface area contributed by atoms with Crippen molar-refractivity contribution in [3.8, 4) is 0 Å². The van der Waals surface area contributed by atoms with E-state index in [1.54, 1.807) is 0 Å². The molecule has 2 aliphatic rings. The average Bonchev–Trinajstić information content (AvgIpc) is 2.37. The molecule has 2 fully saturated rings. The maximum absolute atomic E-state index is 11.9. The van der Waals surface area contributed by atoms with Gasteiger partial charge in [-0.2, -0.15) is 0 Å². The van der Waals surface area contributed by atoms with Gasteiger partial charge in [0.25, 0.3) is 0 Å². The molecule has 0 radical (unpaired) electrons. The first-order chi connectivity index (χ1) is 8.99. The fourth-order valence-corrected chi connectivity index (χ4v) is 4.53. The zero-order chi connectivity index (χ0) is 13.9. The van der Waals surface area contributed by atoms with Crippen LogP contribution in [0.3, 0.4) is 0 Å². The summed E-state index contributed by atoms with van der Waals surface area (Å²) in [6.07, 6.45) is 4.79. The highest BCUT2D eigenvalue weighted by atomic mass is 127. The van der Waals surface area contributed by atoms with E-state index >= 15 is 0 Å². The van der Waals surface area contributed by atoms with E-state index in [1.807, 2.05) is 0 Å². The van der Waals surface area contributed by atoms with E-state index in [0.717, 1.165) is 51.1 Å². The van der Waals surface area contributed by atoms with Crippen molar-refractivity contribution in [3.63, 3.8) is 0 Å². The number of halogens is 1. The smallest absolute Gasteiger partial charge is 0.191 e. The zero-order valence-corrected chi connectivity index (χ0v) is 15.3. The normalized spacial score (nSPS) is 27.9. The van der Waals surface area contributed by atoms with Crippen molar-refractivity contribution in [2.45, 2.75) is 44.3 Å². The molecule has 0 bridgehead atoms. The third kappa shape index (κ3) is 4.75. The van der Waals surface area contributed by atoms with Gasteiger partial charge in [0.1, 0.15) is 0 Å². The van der Waals surface area contributed by atoms with E-state index in [1.165, 1.54) is 0 Å². The quantitative estimate of drug-likeness (QED) is 0.423. The van der Waals surface area contributed by atoms with Crippen LogP contribution >= 0.6 is 24.0 Å². The summed E-state index contributed by atoms with van der Waals surface area (Å²) < 4.78 is 23.8. The summed E-state index contributed by atoms with van der Waals surface area (Å²) in [4.78, 5) is 6.41. The SMILES string of the molecule is CC1CCN(C(N)=NCC2CCCCS2(=O)=O)CC1.I. The predicted molar refractivity (Wildman–Crippen MR) is 93.3 cm³/mol. The number of nitrogens with two attached hydrogens (primary N) is 1. The van der Waals surface area contributed by atoms with Crippen molar-refractivity contribution in [2.24, 2.45) is 16.6 Å². The van der Waals surface area contributed by atoms with Gasteiger partial charge in [-0.05, 0) is 31.6 Å². The number of hydrogen-bond donors (Lipinski definition) is 1. The Morgan fingerprint density at radius 3 is 2.50 bits per heavy atom. The molecular formula is C13H26IN3O2S. The van der Waals surface area contributed by atoms with Crippen LogP contribution in [0.4, 0.5) is 0 Å². The van der Waals surface area contributed by atoms with Gasteiger partial charge in [-0.25, -0.2) is 8.42 Å². The van der Waals surface area contributed by atoms with E-state index in [9.17, 15) is 8.42 Å². The van der Waals surface area contributed by atoms with Gasteiger partial charge in [-0.3, -0.25) is 4.99 Å². The molecule has 2 N–H and O–H groups in total. The summed E-state index contributed by atoms with van der Waals surface area (Å²) in [5, 5.41) is -0.316. The zero-order valence-electron chi connectivity index (χ0n) is 12.1. The molecule has 0 aliphatic carbocycles. The Morgan fingerprint density at radius 1 is 1.25 bits per heavy atom. The monoisotopic (exact) mass is 415 g/mol. The van der Waals surface area contributed by atoms with Crippen molar-refractivity contribution in [3.05, 3.63) is 0 Å². The molecule has 0 aromatic carbocycles. The molecule has 0 aromatic heterocycles. The lowest BCUT2D eigenvalue weighted by Gasteiger charge is -2.31. The van der Waals surface area contributed by atoms with Gasteiger partial charge in [0, 0.05) is 13.1 Å². The molecule has 1 unspecified atom stereocenters. The number of likely N-dealkylation sites (tertiary alicyclic amines) is 1. The molecule has 5 nitrogen and oxygen atoms in total. The van der Waals surface area contributed by atoms with E-state index in [4.69, 9.17) is 5.73 Å². The van der Waals surface area contributed by atoms with Crippen molar-refractivity contribution < 1.29 is 8.42 Å². The number of hydrogen-bond acceptors (Lipinski definition) is 3. The van der Waals surface area contributed by atoms with Gasteiger partial charge < -0.3 is 10.6 Å². The maximum atomic E-state index is 11.9. The van der Waals surface area contributed by atoms with E-state index < -0.39 is 9.84 Å². The van der Waals surface area contributed by atoms with Crippen molar-refractivity contribution >= 4 is 39.8 Å². The molecule has 2 heterocycles. The summed E-state index contributed by atoms with van der Waals surface area (Å²) in [5.41, 5.74) is 5.98. The molecule has 2 aliphatic heterocycles. The van der Waals surface area contributed by atoms with Crippen LogP contribution in [0.5, 0.6) is 0 Å². The fourth-order valence-electron chi connectivity index (χ4n) is 2.76. The summed E-state index contributed by atoms with van der Waals surface area (Å²) in [6.45, 7) is 4.46. The molecule has 2 saturated heterocycles. The summed E-state index contributed by atoms with van der Waals surface area (Å²) in [7, 11) is -2.94. The molecule has 0 saturated carbocycles. The number of aliphatic imine (C=N–C) groups is 1. The van der Waals surface area contributed by atoms with Crippen LogP contribution in [-0.4, -0.2) is 49.9 Å². The Kier molecular flexibility index (Phi) is 7.03. The van der Waals surface area contributed by atoms with Crippen LogP contribution < -0.4 is 5.73 Å². The number of rotatable bonds is 2. The lowest BCUT2D eigenvalue weighted by molar-refractivity contribution is 0.277. The van der Waals surface area contributed by atoms with Crippen LogP contribution in [0, 0.1) is 5.92 Å². The molecule has 0 spiro atoms. The highest BCUT2D eigenvalue weighted by molar-refractivity contribution is 14.0. The van der Waals surface area contributed by atoms with Crippen molar-refractivity contribution in [1.29, 1.82) is 0 Å². The number of nitrogens with zero attached hydrogens (tertiary/aromatic N) is 2. The highest BCUT2D eigenvalue weighted by Gasteiger charge is 2.28. The largest absolute Gasteiger partial charge is 0.370 e. The van der Waals surface area contributed by atoms with Gasteiger partial charge in [0.05, 0.1) is 17.5 Å². The Hall–Kier alpha value is -0.0500. The molecule has 7 heteroatoms. The van der Waals surface area contributed by atoms with E-state index in [2.05, 4.69) is 16.8 Å². The van der Waals surface area contributed by atoms with E-state index in [0.29, 0.717) is 18.3 Å². The summed E-state index contributed by atoms with van der Waals surface area (Å²) >= 11 is 0. The number of sulfone groups is 1. The molecule has 118 valence electrons. The topological polar surface area (TPSA) is 75.8 Å².